The minimum Gasteiger partial charge on any atom is -0.396 e. The first-order valence-corrected chi connectivity index (χ1v) is 7.55. The molecule has 0 saturated heterocycles. The van der Waals surface area contributed by atoms with Crippen molar-refractivity contribution in [2.75, 3.05) is 17.3 Å². The molecule has 2 aromatic rings. The van der Waals surface area contributed by atoms with Gasteiger partial charge in [-0.15, -0.1) is 0 Å². The molecular weight excluding hydrogens is 262 g/mol. The van der Waals surface area contributed by atoms with Crippen molar-refractivity contribution in [1.29, 1.82) is 0 Å². The summed E-state index contributed by atoms with van der Waals surface area (Å²) < 4.78 is 22.7. The molecule has 2 rings (SSSR count). The Labute approximate surface area is 112 Å². The zero-order valence-corrected chi connectivity index (χ0v) is 11.5. The van der Waals surface area contributed by atoms with Gasteiger partial charge in [0, 0.05) is 18.1 Å². The molecule has 0 saturated carbocycles. The quantitative estimate of drug-likeness (QED) is 0.897. The lowest BCUT2D eigenvalue weighted by molar-refractivity contribution is 0.602. The average Bonchev–Trinajstić information content (AvgIpc) is 2.35. The Morgan fingerprint density at radius 2 is 1.79 bits per heavy atom. The number of benzene rings is 1. The molecule has 0 atom stereocenters. The number of aryl methyl sites for hydroxylation is 1. The van der Waals surface area contributed by atoms with Gasteiger partial charge in [-0.2, -0.15) is 0 Å². The van der Waals surface area contributed by atoms with Gasteiger partial charge in [-0.25, -0.2) is 13.4 Å². The van der Waals surface area contributed by atoms with Crippen LogP contribution in [0.3, 0.4) is 0 Å². The van der Waals surface area contributed by atoms with Crippen LogP contribution < -0.4 is 11.1 Å². The Balaban J connectivity index is 2.27. The lowest BCUT2D eigenvalue weighted by Crippen LogP contribution is -2.01. The van der Waals surface area contributed by atoms with Crippen molar-refractivity contribution in [3.8, 4) is 0 Å². The number of nitrogens with one attached hydrogen (secondary N) is 1. The maximum Gasteiger partial charge on any atom is 0.175 e. The highest BCUT2D eigenvalue weighted by molar-refractivity contribution is 7.90. The van der Waals surface area contributed by atoms with Crippen LogP contribution in [0, 0.1) is 6.92 Å². The summed E-state index contributed by atoms with van der Waals surface area (Å²) in [5, 5.41) is 3.06. The first-order valence-electron chi connectivity index (χ1n) is 5.66. The van der Waals surface area contributed by atoms with Crippen molar-refractivity contribution < 1.29 is 8.42 Å². The summed E-state index contributed by atoms with van der Waals surface area (Å²) in [4.78, 5) is 4.43. The molecule has 0 amide bonds. The maximum atomic E-state index is 11.3. The van der Waals surface area contributed by atoms with Gasteiger partial charge in [0.2, 0.25) is 0 Å². The number of hydrogen-bond donors (Lipinski definition) is 2. The number of pyridine rings is 1. The summed E-state index contributed by atoms with van der Waals surface area (Å²) in [5.41, 5.74) is 8.16. The molecule has 0 aliphatic heterocycles. The average molecular weight is 277 g/mol. The predicted octanol–water partition coefficient (Wildman–Crippen LogP) is 2.12. The summed E-state index contributed by atoms with van der Waals surface area (Å²) in [6.45, 7) is 1.90. The predicted molar refractivity (Wildman–Crippen MR) is 76.2 cm³/mol. The molecule has 0 aliphatic carbocycles. The van der Waals surface area contributed by atoms with Crippen LogP contribution in [-0.2, 0) is 9.84 Å². The van der Waals surface area contributed by atoms with E-state index in [1.165, 1.54) is 6.26 Å². The first kappa shape index (κ1) is 13.4. The molecule has 0 fully saturated rings. The molecule has 0 unspecified atom stereocenters. The van der Waals surface area contributed by atoms with E-state index in [2.05, 4.69) is 10.3 Å². The van der Waals surface area contributed by atoms with E-state index in [-0.39, 0.29) is 4.90 Å². The lowest BCUT2D eigenvalue weighted by atomic mass is 10.2. The topological polar surface area (TPSA) is 85.1 Å². The molecule has 100 valence electrons. The van der Waals surface area contributed by atoms with E-state index in [1.807, 2.05) is 13.0 Å². The molecule has 0 spiro atoms. The molecule has 5 nitrogen and oxygen atoms in total. The van der Waals surface area contributed by atoms with Crippen LogP contribution in [0.15, 0.2) is 41.4 Å². The lowest BCUT2D eigenvalue weighted by Gasteiger charge is -2.10. The van der Waals surface area contributed by atoms with E-state index < -0.39 is 9.84 Å². The van der Waals surface area contributed by atoms with Gasteiger partial charge < -0.3 is 11.1 Å². The molecule has 0 aliphatic rings. The second-order valence-corrected chi connectivity index (χ2v) is 6.33. The van der Waals surface area contributed by atoms with Gasteiger partial charge in [-0.05, 0) is 42.8 Å². The Morgan fingerprint density at radius 3 is 2.37 bits per heavy atom. The summed E-state index contributed by atoms with van der Waals surface area (Å²) in [6.07, 6.45) is 2.84. The molecule has 0 bridgehead atoms. The second-order valence-electron chi connectivity index (χ2n) is 4.31. The van der Waals surface area contributed by atoms with Gasteiger partial charge in [-0.1, -0.05) is 0 Å². The molecule has 1 aromatic heterocycles. The van der Waals surface area contributed by atoms with Gasteiger partial charge >= 0.3 is 0 Å². The summed E-state index contributed by atoms with van der Waals surface area (Å²) >= 11 is 0. The Hall–Kier alpha value is -2.08. The largest absolute Gasteiger partial charge is 0.396 e. The Kier molecular flexibility index (Phi) is 3.44. The molecule has 0 radical (unpaired) electrons. The molecule has 19 heavy (non-hydrogen) atoms. The van der Waals surface area contributed by atoms with E-state index >= 15 is 0 Å². The smallest absolute Gasteiger partial charge is 0.175 e. The number of hydrogen-bond acceptors (Lipinski definition) is 5. The fraction of sp³-hybridized carbons (Fsp3) is 0.154. The number of nitrogens with two attached hydrogens (primary N) is 1. The minimum absolute atomic E-state index is 0.281. The van der Waals surface area contributed by atoms with E-state index in [4.69, 9.17) is 5.73 Å². The van der Waals surface area contributed by atoms with Crippen LogP contribution in [0.2, 0.25) is 0 Å². The third kappa shape index (κ3) is 3.03. The standard InChI is InChI=1S/C13H15N3O2S/c1-9-7-8-15-13(12(9)14)16-10-3-5-11(6-4-10)19(2,17)18/h3-8H,14H2,1-2H3,(H,15,16). The van der Waals surface area contributed by atoms with Crippen LogP contribution in [-0.4, -0.2) is 19.7 Å². The van der Waals surface area contributed by atoms with Crippen molar-refractivity contribution >= 4 is 27.0 Å². The molecule has 1 aromatic carbocycles. The van der Waals surface area contributed by atoms with Crippen molar-refractivity contribution in [1.82, 2.24) is 4.98 Å². The summed E-state index contributed by atoms with van der Waals surface area (Å²) in [5.74, 6) is 0.562. The first-order chi connectivity index (χ1) is 8.88. The number of rotatable bonds is 3. The second kappa shape index (κ2) is 4.89. The van der Waals surface area contributed by atoms with Gasteiger partial charge in [0.15, 0.2) is 15.7 Å². The number of nitrogen functional groups attached to an aromatic ring is 1. The van der Waals surface area contributed by atoms with E-state index in [9.17, 15) is 8.42 Å². The SMILES string of the molecule is Cc1ccnc(Nc2ccc(S(C)(=O)=O)cc2)c1N. The van der Waals surface area contributed by atoms with Crippen molar-refractivity contribution in [3.05, 3.63) is 42.1 Å². The van der Waals surface area contributed by atoms with Gasteiger partial charge in [-0.3, -0.25) is 0 Å². The van der Waals surface area contributed by atoms with E-state index in [1.54, 1.807) is 30.5 Å². The minimum atomic E-state index is -3.18. The van der Waals surface area contributed by atoms with Gasteiger partial charge in [0.05, 0.1) is 10.6 Å². The van der Waals surface area contributed by atoms with Gasteiger partial charge in [0.25, 0.3) is 0 Å². The number of sulfone groups is 1. The van der Waals surface area contributed by atoms with Crippen molar-refractivity contribution in [3.63, 3.8) is 0 Å². The maximum absolute atomic E-state index is 11.3. The summed E-state index contributed by atoms with van der Waals surface area (Å²) in [7, 11) is -3.18. The fourth-order valence-corrected chi connectivity index (χ4v) is 2.22. The van der Waals surface area contributed by atoms with Crippen LogP contribution >= 0.6 is 0 Å². The number of anilines is 3. The fourth-order valence-electron chi connectivity index (χ4n) is 1.59. The molecular formula is C13H15N3O2S. The van der Waals surface area contributed by atoms with Crippen molar-refractivity contribution in [2.45, 2.75) is 11.8 Å². The number of nitrogens with zero attached hydrogens (tertiary/aromatic N) is 1. The number of aromatic nitrogens is 1. The van der Waals surface area contributed by atoms with Crippen LogP contribution in [0.4, 0.5) is 17.2 Å². The molecule has 1 heterocycles. The Bertz CT molecular complexity index is 694. The molecule has 6 heteroatoms. The monoisotopic (exact) mass is 277 g/mol. The highest BCUT2D eigenvalue weighted by Gasteiger charge is 2.07. The van der Waals surface area contributed by atoms with Crippen molar-refractivity contribution in [2.24, 2.45) is 0 Å². The van der Waals surface area contributed by atoms with E-state index in [0.29, 0.717) is 11.5 Å². The van der Waals surface area contributed by atoms with Crippen LogP contribution in [0.1, 0.15) is 5.56 Å². The van der Waals surface area contributed by atoms with Crippen LogP contribution in [0.25, 0.3) is 0 Å². The van der Waals surface area contributed by atoms with Gasteiger partial charge in [0.1, 0.15) is 0 Å². The van der Waals surface area contributed by atoms with E-state index in [0.717, 1.165) is 11.3 Å². The highest BCUT2D eigenvalue weighted by Crippen LogP contribution is 2.23. The van der Waals surface area contributed by atoms with Crippen LogP contribution in [0.5, 0.6) is 0 Å². The summed E-state index contributed by atoms with van der Waals surface area (Å²) in [6, 6.07) is 8.28. The molecule has 3 N–H and O–H groups in total. The zero-order chi connectivity index (χ0) is 14.0. The normalized spacial score (nSPS) is 11.3. The zero-order valence-electron chi connectivity index (χ0n) is 10.7. The Morgan fingerprint density at radius 1 is 1.16 bits per heavy atom. The third-order valence-electron chi connectivity index (χ3n) is 2.75. The third-order valence-corrected chi connectivity index (χ3v) is 3.88. The highest BCUT2D eigenvalue weighted by atomic mass is 32.2.